The quantitative estimate of drug-likeness (QED) is 0.860. The number of amides is 1. The third-order valence-electron chi connectivity index (χ3n) is 5.16. The maximum Gasteiger partial charge on any atom is 0.238 e. The van der Waals surface area contributed by atoms with Crippen molar-refractivity contribution in [2.45, 2.75) is 24.9 Å². The van der Waals surface area contributed by atoms with Crippen LogP contribution in [0.25, 0.3) is 6.08 Å². The fourth-order valence-corrected chi connectivity index (χ4v) is 3.80. The maximum atomic E-state index is 12.7. The molecule has 2 aliphatic rings. The van der Waals surface area contributed by atoms with Gasteiger partial charge in [0.05, 0.1) is 38.5 Å². The number of ether oxygens (including phenoxy) is 1. The number of rotatable bonds is 5. The average molecular weight is 355 g/mol. The molecule has 0 unspecified atom stereocenters. The van der Waals surface area contributed by atoms with Crippen LogP contribution in [0.5, 0.6) is 0 Å². The van der Waals surface area contributed by atoms with Crippen molar-refractivity contribution in [3.05, 3.63) is 41.5 Å². The second-order valence-electron chi connectivity index (χ2n) is 6.71. The standard InChI is InChI=1S/C20H25N3O3/c1-2-3-15-4-6-16(7-5-15)20-17(12-21)23(18(20)14-24)19(25)13-22-8-10-26-11-9-22/h2-7,17-18,20,24H,8-11,13-14H2,1H3/b3-2+/t17-,18+,20-/m1/s1. The molecule has 0 bridgehead atoms. The number of carbonyl (C=O) groups is 1. The SMILES string of the molecule is C/C=C/c1ccc([C@@H]2[C@@H](C#N)N(C(=O)CN3CCOCC3)[C@H]2CO)cc1. The summed E-state index contributed by atoms with van der Waals surface area (Å²) in [4.78, 5) is 16.3. The van der Waals surface area contributed by atoms with Gasteiger partial charge < -0.3 is 14.7 Å². The van der Waals surface area contributed by atoms with E-state index in [2.05, 4.69) is 6.07 Å². The van der Waals surface area contributed by atoms with E-state index in [9.17, 15) is 15.2 Å². The number of nitriles is 1. The Balaban J connectivity index is 1.72. The molecule has 0 radical (unpaired) electrons. The molecule has 0 aromatic heterocycles. The topological polar surface area (TPSA) is 76.8 Å². The highest BCUT2D eigenvalue weighted by Gasteiger charge is 2.51. The Hall–Kier alpha value is -2.20. The monoisotopic (exact) mass is 355 g/mol. The van der Waals surface area contributed by atoms with Crippen LogP contribution in [0.4, 0.5) is 0 Å². The van der Waals surface area contributed by atoms with Crippen molar-refractivity contribution in [2.75, 3.05) is 39.5 Å². The molecule has 2 fully saturated rings. The van der Waals surface area contributed by atoms with Gasteiger partial charge >= 0.3 is 0 Å². The van der Waals surface area contributed by atoms with Gasteiger partial charge in [0.15, 0.2) is 0 Å². The predicted octanol–water partition coefficient (Wildman–Crippen LogP) is 1.23. The van der Waals surface area contributed by atoms with Gasteiger partial charge in [0, 0.05) is 19.0 Å². The van der Waals surface area contributed by atoms with Crippen LogP contribution >= 0.6 is 0 Å². The van der Waals surface area contributed by atoms with Crippen molar-refractivity contribution in [3.8, 4) is 6.07 Å². The molecule has 1 N–H and O–H groups in total. The molecule has 1 aromatic rings. The Kier molecular flexibility index (Phi) is 6.04. The Bertz CT molecular complexity index is 689. The van der Waals surface area contributed by atoms with Crippen LogP contribution in [0, 0.1) is 11.3 Å². The molecular formula is C20H25N3O3. The summed E-state index contributed by atoms with van der Waals surface area (Å²) in [6.45, 7) is 4.77. The lowest BCUT2D eigenvalue weighted by Crippen LogP contribution is -2.66. The van der Waals surface area contributed by atoms with Gasteiger partial charge in [-0.2, -0.15) is 5.26 Å². The molecule has 2 aliphatic heterocycles. The highest BCUT2D eigenvalue weighted by molar-refractivity contribution is 5.81. The number of hydrogen-bond acceptors (Lipinski definition) is 5. The molecule has 0 saturated carbocycles. The van der Waals surface area contributed by atoms with E-state index in [1.807, 2.05) is 48.2 Å². The molecule has 2 saturated heterocycles. The van der Waals surface area contributed by atoms with E-state index >= 15 is 0 Å². The van der Waals surface area contributed by atoms with Crippen LogP contribution in [0.2, 0.25) is 0 Å². The minimum Gasteiger partial charge on any atom is -0.394 e. The zero-order valence-electron chi connectivity index (χ0n) is 15.0. The van der Waals surface area contributed by atoms with E-state index in [1.165, 1.54) is 0 Å². The van der Waals surface area contributed by atoms with Crippen LogP contribution in [0.3, 0.4) is 0 Å². The lowest BCUT2D eigenvalue weighted by molar-refractivity contribution is -0.149. The number of likely N-dealkylation sites (tertiary alicyclic amines) is 1. The first kappa shape index (κ1) is 18.6. The van der Waals surface area contributed by atoms with Gasteiger partial charge in [-0.1, -0.05) is 36.4 Å². The summed E-state index contributed by atoms with van der Waals surface area (Å²) in [6, 6.07) is 9.34. The Morgan fingerprint density at radius 1 is 1.35 bits per heavy atom. The van der Waals surface area contributed by atoms with Gasteiger partial charge in [0.2, 0.25) is 5.91 Å². The molecule has 1 amide bonds. The van der Waals surface area contributed by atoms with E-state index < -0.39 is 6.04 Å². The van der Waals surface area contributed by atoms with Gasteiger partial charge in [-0.25, -0.2) is 0 Å². The van der Waals surface area contributed by atoms with Crippen LogP contribution in [-0.2, 0) is 9.53 Å². The fraction of sp³-hybridized carbons (Fsp3) is 0.500. The molecular weight excluding hydrogens is 330 g/mol. The lowest BCUT2D eigenvalue weighted by Gasteiger charge is -2.52. The minimum absolute atomic E-state index is 0.0979. The second kappa shape index (κ2) is 8.45. The Morgan fingerprint density at radius 2 is 2.04 bits per heavy atom. The van der Waals surface area contributed by atoms with E-state index in [0.29, 0.717) is 13.2 Å². The predicted molar refractivity (Wildman–Crippen MR) is 98.3 cm³/mol. The largest absolute Gasteiger partial charge is 0.394 e. The number of hydrogen-bond donors (Lipinski definition) is 1. The highest BCUT2D eigenvalue weighted by Crippen LogP contribution is 2.40. The molecule has 26 heavy (non-hydrogen) atoms. The average Bonchev–Trinajstić information content (AvgIpc) is 2.64. The molecule has 3 rings (SSSR count). The smallest absolute Gasteiger partial charge is 0.238 e. The number of nitrogens with zero attached hydrogens (tertiary/aromatic N) is 3. The van der Waals surface area contributed by atoms with Crippen molar-refractivity contribution in [2.24, 2.45) is 0 Å². The number of carbonyl (C=O) groups excluding carboxylic acids is 1. The van der Waals surface area contributed by atoms with Crippen LogP contribution in [0.15, 0.2) is 30.3 Å². The Morgan fingerprint density at radius 3 is 2.62 bits per heavy atom. The van der Waals surface area contributed by atoms with E-state index in [-0.39, 0.29) is 31.0 Å². The third kappa shape index (κ3) is 3.65. The van der Waals surface area contributed by atoms with Crippen molar-refractivity contribution in [1.29, 1.82) is 5.26 Å². The third-order valence-corrected chi connectivity index (χ3v) is 5.16. The van der Waals surface area contributed by atoms with E-state index in [1.54, 1.807) is 4.90 Å². The number of aliphatic hydroxyl groups is 1. The first-order valence-corrected chi connectivity index (χ1v) is 9.04. The van der Waals surface area contributed by atoms with E-state index in [0.717, 1.165) is 24.2 Å². The summed E-state index contributed by atoms with van der Waals surface area (Å²) in [5.41, 5.74) is 2.07. The fourth-order valence-electron chi connectivity index (χ4n) is 3.80. The molecule has 0 aliphatic carbocycles. The summed E-state index contributed by atoms with van der Waals surface area (Å²) in [5.74, 6) is -0.252. The number of aliphatic hydroxyl groups excluding tert-OH is 1. The first-order chi connectivity index (χ1) is 12.7. The van der Waals surface area contributed by atoms with Crippen LogP contribution in [0.1, 0.15) is 24.0 Å². The maximum absolute atomic E-state index is 12.7. The molecule has 1 aromatic carbocycles. The zero-order chi connectivity index (χ0) is 18.5. The molecule has 3 atom stereocenters. The normalized spacial score (nSPS) is 26.5. The zero-order valence-corrected chi connectivity index (χ0v) is 15.0. The molecule has 6 nitrogen and oxygen atoms in total. The Labute approximate surface area is 154 Å². The van der Waals surface area contributed by atoms with E-state index in [4.69, 9.17) is 4.74 Å². The first-order valence-electron chi connectivity index (χ1n) is 9.04. The highest BCUT2D eigenvalue weighted by atomic mass is 16.5. The van der Waals surface area contributed by atoms with Crippen LogP contribution in [-0.4, -0.2) is 72.4 Å². The summed E-state index contributed by atoms with van der Waals surface area (Å²) in [5, 5.41) is 19.5. The van der Waals surface area contributed by atoms with Gasteiger partial charge in [-0.05, 0) is 18.1 Å². The summed E-state index contributed by atoms with van der Waals surface area (Å²) in [7, 11) is 0. The number of benzene rings is 1. The van der Waals surface area contributed by atoms with Crippen molar-refractivity contribution in [1.82, 2.24) is 9.80 Å². The number of allylic oxidation sites excluding steroid dienone is 1. The molecule has 138 valence electrons. The van der Waals surface area contributed by atoms with Crippen molar-refractivity contribution in [3.63, 3.8) is 0 Å². The lowest BCUT2D eigenvalue weighted by atomic mass is 9.75. The number of morpholine rings is 1. The molecule has 0 spiro atoms. The summed E-state index contributed by atoms with van der Waals surface area (Å²) >= 11 is 0. The van der Waals surface area contributed by atoms with Gasteiger partial charge in [0.25, 0.3) is 0 Å². The van der Waals surface area contributed by atoms with Gasteiger partial charge in [-0.3, -0.25) is 9.69 Å². The molecule has 6 heteroatoms. The van der Waals surface area contributed by atoms with Gasteiger partial charge in [0.1, 0.15) is 6.04 Å². The van der Waals surface area contributed by atoms with Crippen LogP contribution < -0.4 is 0 Å². The second-order valence-corrected chi connectivity index (χ2v) is 6.71. The van der Waals surface area contributed by atoms with Crippen molar-refractivity contribution >= 4 is 12.0 Å². The van der Waals surface area contributed by atoms with Crippen molar-refractivity contribution < 1.29 is 14.6 Å². The summed E-state index contributed by atoms with van der Waals surface area (Å²) < 4.78 is 5.30. The van der Waals surface area contributed by atoms with Gasteiger partial charge in [-0.15, -0.1) is 0 Å². The molecule has 2 heterocycles. The minimum atomic E-state index is -0.534. The summed E-state index contributed by atoms with van der Waals surface area (Å²) in [6.07, 6.45) is 3.98.